The molecule has 0 unspecified atom stereocenters. The van der Waals surface area contributed by atoms with E-state index in [0.29, 0.717) is 11.3 Å². The van der Waals surface area contributed by atoms with E-state index in [9.17, 15) is 9.59 Å². The monoisotopic (exact) mass is 327 g/mol. The Kier molecular flexibility index (Phi) is 5.58. The minimum absolute atomic E-state index is 0.209. The molecule has 0 aliphatic rings. The quantitative estimate of drug-likeness (QED) is 0.465. The van der Waals surface area contributed by atoms with Crippen molar-refractivity contribution in [1.82, 2.24) is 4.57 Å². The number of carbonyl (C=O) groups excluding carboxylic acids is 2. The number of esters is 1. The number of hydrogen-bond donors (Lipinski definition) is 0. The predicted molar refractivity (Wildman–Crippen MR) is 92.2 cm³/mol. The van der Waals surface area contributed by atoms with E-state index in [-0.39, 0.29) is 12.4 Å². The third-order valence-corrected chi connectivity index (χ3v) is 3.93. The summed E-state index contributed by atoms with van der Waals surface area (Å²) in [6.45, 7) is 3.52. The van der Waals surface area contributed by atoms with Gasteiger partial charge in [-0.2, -0.15) is 0 Å². The largest absolute Gasteiger partial charge is 0.497 e. The zero-order chi connectivity index (χ0) is 17.7. The maximum absolute atomic E-state index is 12.2. The van der Waals surface area contributed by atoms with Gasteiger partial charge in [0.25, 0.3) is 0 Å². The van der Waals surface area contributed by atoms with Gasteiger partial charge in [0.05, 0.1) is 7.11 Å². The van der Waals surface area contributed by atoms with E-state index in [1.54, 1.807) is 25.3 Å². The second-order valence-corrected chi connectivity index (χ2v) is 5.48. The highest BCUT2D eigenvalue weighted by Crippen LogP contribution is 2.15. The molecule has 0 aliphatic heterocycles. The van der Waals surface area contributed by atoms with E-state index in [1.165, 1.54) is 6.08 Å². The first-order chi connectivity index (χ1) is 11.4. The number of ketones is 1. The minimum Gasteiger partial charge on any atom is -0.497 e. The average molecular weight is 327 g/mol. The van der Waals surface area contributed by atoms with Crippen molar-refractivity contribution in [3.63, 3.8) is 0 Å². The number of benzene rings is 1. The molecule has 1 aromatic carbocycles. The van der Waals surface area contributed by atoms with E-state index < -0.39 is 5.97 Å². The molecule has 1 aromatic heterocycles. The highest BCUT2D eigenvalue weighted by molar-refractivity contribution is 6.00. The fourth-order valence-corrected chi connectivity index (χ4v) is 2.31. The van der Waals surface area contributed by atoms with Gasteiger partial charge >= 0.3 is 5.97 Å². The van der Waals surface area contributed by atoms with Gasteiger partial charge in [0.2, 0.25) is 5.78 Å². The molecule has 2 aromatic rings. The van der Waals surface area contributed by atoms with E-state index in [2.05, 4.69) is 0 Å². The van der Waals surface area contributed by atoms with Crippen LogP contribution in [0.2, 0.25) is 0 Å². The highest BCUT2D eigenvalue weighted by Gasteiger charge is 2.15. The Morgan fingerprint density at radius 1 is 1.21 bits per heavy atom. The first-order valence-electron chi connectivity index (χ1n) is 7.57. The fourth-order valence-electron chi connectivity index (χ4n) is 2.31. The number of nitrogens with zero attached hydrogens (tertiary/aromatic N) is 1. The van der Waals surface area contributed by atoms with Gasteiger partial charge in [-0.05, 0) is 43.7 Å². The molecule has 0 radical (unpaired) electrons. The van der Waals surface area contributed by atoms with Gasteiger partial charge in [0, 0.05) is 30.1 Å². The summed E-state index contributed by atoms with van der Waals surface area (Å²) in [5, 5.41) is 0. The van der Waals surface area contributed by atoms with Crippen LogP contribution in [0.3, 0.4) is 0 Å². The molecule has 0 saturated heterocycles. The predicted octanol–water partition coefficient (Wildman–Crippen LogP) is 3.09. The Bertz CT molecular complexity index is 787. The summed E-state index contributed by atoms with van der Waals surface area (Å²) in [5.41, 5.74) is 3.24. The van der Waals surface area contributed by atoms with Crippen LogP contribution in [0.15, 0.2) is 36.4 Å². The van der Waals surface area contributed by atoms with Crippen LogP contribution in [0.25, 0.3) is 6.08 Å². The summed E-state index contributed by atoms with van der Waals surface area (Å²) >= 11 is 0. The van der Waals surface area contributed by atoms with Gasteiger partial charge in [-0.25, -0.2) is 4.79 Å². The molecule has 1 heterocycles. The number of aromatic nitrogens is 1. The van der Waals surface area contributed by atoms with E-state index in [4.69, 9.17) is 9.47 Å². The number of rotatable bonds is 6. The molecule has 0 bridgehead atoms. The van der Waals surface area contributed by atoms with Crippen LogP contribution in [-0.2, 0) is 16.6 Å². The molecule has 0 atom stereocenters. The Morgan fingerprint density at radius 3 is 2.58 bits per heavy atom. The van der Waals surface area contributed by atoms with Crippen LogP contribution >= 0.6 is 0 Å². The molecule has 0 N–H and O–H groups in total. The van der Waals surface area contributed by atoms with Gasteiger partial charge in [-0.1, -0.05) is 12.1 Å². The number of ether oxygens (including phenoxy) is 2. The van der Waals surface area contributed by atoms with Gasteiger partial charge in [-0.15, -0.1) is 0 Å². The maximum Gasteiger partial charge on any atom is 0.331 e. The first-order valence-corrected chi connectivity index (χ1v) is 7.57. The second kappa shape index (κ2) is 7.64. The SMILES string of the molecule is COc1cccc(/C=C/C(=O)OCC(=O)c2cc(C)n(C)c2C)c1. The lowest BCUT2D eigenvalue weighted by Gasteiger charge is -2.03. The van der Waals surface area contributed by atoms with Crippen LogP contribution < -0.4 is 4.74 Å². The van der Waals surface area contributed by atoms with Crippen molar-refractivity contribution in [1.29, 1.82) is 0 Å². The van der Waals surface area contributed by atoms with E-state index in [1.807, 2.05) is 43.7 Å². The molecule has 0 fully saturated rings. The topological polar surface area (TPSA) is 57.5 Å². The first kappa shape index (κ1) is 17.5. The third kappa shape index (κ3) is 4.13. The molecule has 126 valence electrons. The zero-order valence-corrected chi connectivity index (χ0v) is 14.3. The van der Waals surface area contributed by atoms with E-state index >= 15 is 0 Å². The lowest BCUT2D eigenvalue weighted by molar-refractivity contribution is -0.136. The maximum atomic E-state index is 12.2. The fraction of sp³-hybridized carbons (Fsp3) is 0.263. The van der Waals surface area contributed by atoms with Crippen LogP contribution in [-0.4, -0.2) is 30.0 Å². The molecule has 0 spiro atoms. The molecule has 0 saturated carbocycles. The molecule has 5 heteroatoms. The molecular weight excluding hydrogens is 306 g/mol. The minimum atomic E-state index is -0.559. The summed E-state index contributed by atoms with van der Waals surface area (Å²) < 4.78 is 12.1. The van der Waals surface area contributed by atoms with Crippen LogP contribution in [0.5, 0.6) is 5.75 Å². The van der Waals surface area contributed by atoms with Crippen molar-refractivity contribution in [3.8, 4) is 5.75 Å². The number of hydrogen-bond acceptors (Lipinski definition) is 4. The molecule has 0 amide bonds. The van der Waals surface area contributed by atoms with Gasteiger partial charge < -0.3 is 14.0 Å². The smallest absolute Gasteiger partial charge is 0.331 e. The number of Topliss-reactive ketones (excluding diaryl/α,β-unsaturated/α-hetero) is 1. The van der Waals surface area contributed by atoms with Crippen LogP contribution in [0.4, 0.5) is 0 Å². The van der Waals surface area contributed by atoms with Crippen LogP contribution in [0.1, 0.15) is 27.3 Å². The van der Waals surface area contributed by atoms with Crippen LogP contribution in [0, 0.1) is 13.8 Å². The van der Waals surface area contributed by atoms with E-state index in [0.717, 1.165) is 17.0 Å². The van der Waals surface area contributed by atoms with Gasteiger partial charge in [0.1, 0.15) is 5.75 Å². The van der Waals surface area contributed by atoms with Crippen molar-refractivity contribution < 1.29 is 19.1 Å². The molecular formula is C19H21NO4. The number of aryl methyl sites for hydroxylation is 1. The summed E-state index contributed by atoms with van der Waals surface area (Å²) in [5.74, 6) is -0.0635. The zero-order valence-electron chi connectivity index (χ0n) is 14.3. The number of methoxy groups -OCH3 is 1. The van der Waals surface area contributed by atoms with Crippen molar-refractivity contribution in [3.05, 3.63) is 58.9 Å². The Morgan fingerprint density at radius 2 is 1.96 bits per heavy atom. The number of carbonyl (C=O) groups is 2. The summed E-state index contributed by atoms with van der Waals surface area (Å²) in [6.07, 6.45) is 2.92. The lowest BCUT2D eigenvalue weighted by Crippen LogP contribution is -2.13. The lowest BCUT2D eigenvalue weighted by atomic mass is 10.1. The van der Waals surface area contributed by atoms with Gasteiger partial charge in [-0.3, -0.25) is 4.79 Å². The summed E-state index contributed by atoms with van der Waals surface area (Å²) in [4.78, 5) is 23.9. The Labute approximate surface area is 141 Å². The standard InChI is InChI=1S/C19H21NO4/c1-13-10-17(14(2)20(13)3)18(21)12-24-19(22)9-8-15-6-5-7-16(11-15)23-4/h5-11H,12H2,1-4H3/b9-8+. The van der Waals surface area contributed by atoms with Crippen molar-refractivity contribution in [2.24, 2.45) is 7.05 Å². The molecule has 5 nitrogen and oxygen atoms in total. The average Bonchev–Trinajstić information content (AvgIpc) is 2.85. The second-order valence-electron chi connectivity index (χ2n) is 5.48. The van der Waals surface area contributed by atoms with Gasteiger partial charge in [0.15, 0.2) is 6.61 Å². The third-order valence-electron chi connectivity index (χ3n) is 3.93. The highest BCUT2D eigenvalue weighted by atomic mass is 16.5. The molecule has 2 rings (SSSR count). The Balaban J connectivity index is 1.94. The van der Waals surface area contributed by atoms with Crippen molar-refractivity contribution >= 4 is 17.8 Å². The summed E-state index contributed by atoms with van der Waals surface area (Å²) in [7, 11) is 3.47. The molecule has 0 aliphatic carbocycles. The van der Waals surface area contributed by atoms with Crippen molar-refractivity contribution in [2.75, 3.05) is 13.7 Å². The molecule has 24 heavy (non-hydrogen) atoms. The van der Waals surface area contributed by atoms with Crippen molar-refractivity contribution in [2.45, 2.75) is 13.8 Å². The Hall–Kier alpha value is -2.82. The summed E-state index contributed by atoms with van der Waals surface area (Å²) in [6, 6.07) is 9.09. The normalized spacial score (nSPS) is 10.8.